The number of nitrogens with one attached hydrogen (secondary N) is 2. The molecule has 1 heterocycles. The van der Waals surface area contributed by atoms with Crippen LogP contribution in [0.1, 0.15) is 78.1 Å². The third-order valence-electron chi connectivity index (χ3n) is 4.10. The number of hydrogen-bond donors (Lipinski definition) is 2. The zero-order chi connectivity index (χ0) is 13.9. The average Bonchev–Trinajstić information content (AvgIpc) is 2.43. The molecule has 3 nitrogen and oxygen atoms in total. The smallest absolute Gasteiger partial charge is 0.220 e. The third-order valence-corrected chi connectivity index (χ3v) is 4.10. The minimum Gasteiger partial charge on any atom is -0.352 e. The molecule has 0 saturated carbocycles. The number of carbonyl (C=O) groups is 1. The van der Waals surface area contributed by atoms with Gasteiger partial charge in [0.2, 0.25) is 5.91 Å². The van der Waals surface area contributed by atoms with Gasteiger partial charge < -0.3 is 10.6 Å². The maximum absolute atomic E-state index is 11.8. The fourth-order valence-electron chi connectivity index (χ4n) is 2.80. The molecule has 0 aromatic carbocycles. The lowest BCUT2D eigenvalue weighted by atomic mass is 9.99. The highest BCUT2D eigenvalue weighted by Crippen LogP contribution is 2.11. The molecule has 1 aliphatic rings. The summed E-state index contributed by atoms with van der Waals surface area (Å²) in [6.07, 6.45) is 11.9. The van der Waals surface area contributed by atoms with Gasteiger partial charge in [-0.15, -0.1) is 0 Å². The van der Waals surface area contributed by atoms with Crippen molar-refractivity contribution in [2.75, 3.05) is 6.54 Å². The first-order valence-corrected chi connectivity index (χ1v) is 8.26. The van der Waals surface area contributed by atoms with Crippen LogP contribution in [0.3, 0.4) is 0 Å². The van der Waals surface area contributed by atoms with Gasteiger partial charge in [0.25, 0.3) is 0 Å². The fourth-order valence-corrected chi connectivity index (χ4v) is 2.80. The third kappa shape index (κ3) is 7.56. The Morgan fingerprint density at radius 3 is 2.63 bits per heavy atom. The monoisotopic (exact) mass is 268 g/mol. The molecule has 1 rings (SSSR count). The molecule has 0 aliphatic carbocycles. The van der Waals surface area contributed by atoms with E-state index in [-0.39, 0.29) is 11.9 Å². The van der Waals surface area contributed by atoms with Gasteiger partial charge in [0.1, 0.15) is 0 Å². The molecule has 0 aromatic rings. The maximum atomic E-state index is 11.8. The van der Waals surface area contributed by atoms with Gasteiger partial charge in [-0.05, 0) is 32.7 Å². The van der Waals surface area contributed by atoms with Gasteiger partial charge in [-0.25, -0.2) is 0 Å². The molecule has 19 heavy (non-hydrogen) atoms. The summed E-state index contributed by atoms with van der Waals surface area (Å²) in [5.41, 5.74) is 0. The van der Waals surface area contributed by atoms with E-state index in [1.807, 2.05) is 0 Å². The first kappa shape index (κ1) is 16.5. The van der Waals surface area contributed by atoms with Crippen molar-refractivity contribution < 1.29 is 4.79 Å². The molecule has 1 fully saturated rings. The van der Waals surface area contributed by atoms with Crippen LogP contribution in [0.5, 0.6) is 0 Å². The Morgan fingerprint density at radius 2 is 1.95 bits per heavy atom. The normalized spacial score (nSPS) is 21.1. The molecular formula is C16H32N2O. The van der Waals surface area contributed by atoms with Crippen LogP contribution in [0.2, 0.25) is 0 Å². The zero-order valence-corrected chi connectivity index (χ0v) is 12.8. The number of rotatable bonds is 9. The van der Waals surface area contributed by atoms with Gasteiger partial charge in [0.15, 0.2) is 0 Å². The first-order valence-electron chi connectivity index (χ1n) is 8.26. The van der Waals surface area contributed by atoms with E-state index in [0.717, 1.165) is 13.0 Å². The van der Waals surface area contributed by atoms with E-state index >= 15 is 0 Å². The van der Waals surface area contributed by atoms with Crippen LogP contribution in [0.15, 0.2) is 0 Å². The van der Waals surface area contributed by atoms with Crippen molar-refractivity contribution in [3.05, 3.63) is 0 Å². The highest BCUT2D eigenvalue weighted by atomic mass is 16.1. The minimum absolute atomic E-state index is 0.232. The highest BCUT2D eigenvalue weighted by Gasteiger charge is 2.20. The Morgan fingerprint density at radius 1 is 1.21 bits per heavy atom. The zero-order valence-electron chi connectivity index (χ0n) is 12.8. The molecule has 2 unspecified atom stereocenters. The summed E-state index contributed by atoms with van der Waals surface area (Å²) < 4.78 is 0. The van der Waals surface area contributed by atoms with E-state index in [1.165, 1.54) is 51.4 Å². The molecule has 0 aromatic heterocycles. The van der Waals surface area contributed by atoms with Crippen LogP contribution in [0, 0.1) is 0 Å². The number of unbranched alkanes of at least 4 members (excludes halogenated alkanes) is 5. The second-order valence-electron chi connectivity index (χ2n) is 5.93. The van der Waals surface area contributed by atoms with E-state index in [0.29, 0.717) is 12.5 Å². The molecule has 2 atom stereocenters. The molecule has 1 aliphatic heterocycles. The molecule has 0 radical (unpaired) electrons. The SMILES string of the molecule is CCCCCCCCC(=O)NC(C)C1CCCCN1. The summed E-state index contributed by atoms with van der Waals surface area (Å²) in [4.78, 5) is 11.8. The Bertz CT molecular complexity index is 237. The Labute approximate surface area is 118 Å². The summed E-state index contributed by atoms with van der Waals surface area (Å²) in [5, 5.41) is 6.65. The number of hydrogen-bond acceptors (Lipinski definition) is 2. The van der Waals surface area contributed by atoms with Gasteiger partial charge >= 0.3 is 0 Å². The predicted molar refractivity (Wildman–Crippen MR) is 81.2 cm³/mol. The van der Waals surface area contributed by atoms with E-state index in [9.17, 15) is 4.79 Å². The molecule has 112 valence electrons. The van der Waals surface area contributed by atoms with Crippen LogP contribution in [0.25, 0.3) is 0 Å². The Kier molecular flexibility index (Phi) is 8.89. The molecule has 0 bridgehead atoms. The van der Waals surface area contributed by atoms with E-state index < -0.39 is 0 Å². The van der Waals surface area contributed by atoms with E-state index in [4.69, 9.17) is 0 Å². The quantitative estimate of drug-likeness (QED) is 0.629. The van der Waals surface area contributed by atoms with Crippen LogP contribution in [0.4, 0.5) is 0 Å². The number of carbonyl (C=O) groups excluding carboxylic acids is 1. The summed E-state index contributed by atoms with van der Waals surface area (Å²) in [6.45, 7) is 5.46. The Balaban J connectivity index is 2.02. The summed E-state index contributed by atoms with van der Waals surface area (Å²) in [5.74, 6) is 0.232. The molecule has 2 N–H and O–H groups in total. The maximum Gasteiger partial charge on any atom is 0.220 e. The number of piperidine rings is 1. The predicted octanol–water partition coefficient (Wildman–Crippen LogP) is 3.38. The second-order valence-corrected chi connectivity index (χ2v) is 5.93. The number of amides is 1. The van der Waals surface area contributed by atoms with Gasteiger partial charge in [-0.2, -0.15) is 0 Å². The molecule has 3 heteroatoms. The van der Waals surface area contributed by atoms with E-state index in [2.05, 4.69) is 24.5 Å². The summed E-state index contributed by atoms with van der Waals surface area (Å²) in [6, 6.07) is 0.746. The molecule has 1 amide bonds. The van der Waals surface area contributed by atoms with Crippen LogP contribution in [-0.2, 0) is 4.79 Å². The van der Waals surface area contributed by atoms with Crippen molar-refractivity contribution >= 4 is 5.91 Å². The van der Waals surface area contributed by atoms with Crippen LogP contribution >= 0.6 is 0 Å². The van der Waals surface area contributed by atoms with Crippen molar-refractivity contribution in [1.82, 2.24) is 10.6 Å². The summed E-state index contributed by atoms with van der Waals surface area (Å²) in [7, 11) is 0. The summed E-state index contributed by atoms with van der Waals surface area (Å²) >= 11 is 0. The molecule has 1 saturated heterocycles. The fraction of sp³-hybridized carbons (Fsp3) is 0.938. The average molecular weight is 268 g/mol. The van der Waals surface area contributed by atoms with Crippen molar-refractivity contribution in [2.45, 2.75) is 90.1 Å². The van der Waals surface area contributed by atoms with Crippen molar-refractivity contribution in [2.24, 2.45) is 0 Å². The van der Waals surface area contributed by atoms with Crippen LogP contribution < -0.4 is 10.6 Å². The van der Waals surface area contributed by atoms with Crippen molar-refractivity contribution in [3.63, 3.8) is 0 Å². The van der Waals surface area contributed by atoms with Gasteiger partial charge in [0, 0.05) is 18.5 Å². The minimum atomic E-state index is 0.232. The lowest BCUT2D eigenvalue weighted by Gasteiger charge is -2.29. The van der Waals surface area contributed by atoms with Gasteiger partial charge in [-0.3, -0.25) is 4.79 Å². The van der Waals surface area contributed by atoms with E-state index in [1.54, 1.807) is 0 Å². The topological polar surface area (TPSA) is 41.1 Å². The van der Waals surface area contributed by atoms with Crippen molar-refractivity contribution in [1.29, 1.82) is 0 Å². The molecule has 0 spiro atoms. The Hall–Kier alpha value is -0.570. The van der Waals surface area contributed by atoms with Gasteiger partial charge in [0.05, 0.1) is 0 Å². The van der Waals surface area contributed by atoms with Crippen LogP contribution in [-0.4, -0.2) is 24.5 Å². The highest BCUT2D eigenvalue weighted by molar-refractivity contribution is 5.76. The van der Waals surface area contributed by atoms with Crippen molar-refractivity contribution in [3.8, 4) is 0 Å². The second kappa shape index (κ2) is 10.2. The lowest BCUT2D eigenvalue weighted by molar-refractivity contribution is -0.122. The standard InChI is InChI=1S/C16H32N2O/c1-3-4-5-6-7-8-12-16(19)18-14(2)15-11-9-10-13-17-15/h14-15,17H,3-13H2,1-2H3,(H,18,19). The largest absolute Gasteiger partial charge is 0.352 e. The molecular weight excluding hydrogens is 236 g/mol. The lowest BCUT2D eigenvalue weighted by Crippen LogP contribution is -2.50. The first-order chi connectivity index (χ1) is 9.24. The van der Waals surface area contributed by atoms with Gasteiger partial charge in [-0.1, -0.05) is 45.4 Å².